The minimum atomic E-state index is 0.452. The van der Waals surface area contributed by atoms with Crippen molar-refractivity contribution >= 4 is 5.65 Å². The number of fused-ring (bicyclic) bond motifs is 1. The first-order valence-electron chi connectivity index (χ1n) is 5.93. The van der Waals surface area contributed by atoms with E-state index in [0.29, 0.717) is 6.10 Å². The zero-order chi connectivity index (χ0) is 11.5. The molecule has 16 heavy (non-hydrogen) atoms. The van der Waals surface area contributed by atoms with E-state index in [9.17, 15) is 0 Å². The summed E-state index contributed by atoms with van der Waals surface area (Å²) in [5.41, 5.74) is 2.11. The number of imidazole rings is 1. The average Bonchev–Trinajstić information content (AvgIpc) is 3.06. The van der Waals surface area contributed by atoms with Gasteiger partial charge in [-0.3, -0.25) is 0 Å². The van der Waals surface area contributed by atoms with Crippen LogP contribution in [0.15, 0.2) is 24.5 Å². The highest BCUT2D eigenvalue weighted by Crippen LogP contribution is 2.27. The Hall–Kier alpha value is -1.51. The summed E-state index contributed by atoms with van der Waals surface area (Å²) in [6.45, 7) is 6.04. The van der Waals surface area contributed by atoms with Crippen LogP contribution in [-0.4, -0.2) is 15.5 Å². The molecule has 3 rings (SSSR count). The van der Waals surface area contributed by atoms with Gasteiger partial charge < -0.3 is 9.14 Å². The van der Waals surface area contributed by atoms with Crippen LogP contribution in [-0.2, 0) is 0 Å². The van der Waals surface area contributed by atoms with Crippen molar-refractivity contribution in [2.24, 2.45) is 0 Å². The maximum Gasteiger partial charge on any atom is 0.140 e. The summed E-state index contributed by atoms with van der Waals surface area (Å²) in [5, 5.41) is 0. The lowest BCUT2D eigenvalue weighted by molar-refractivity contribution is 0.303. The van der Waals surface area contributed by atoms with Crippen LogP contribution in [0.5, 0.6) is 5.75 Å². The van der Waals surface area contributed by atoms with E-state index in [0.717, 1.165) is 17.1 Å². The van der Waals surface area contributed by atoms with Gasteiger partial charge in [-0.25, -0.2) is 4.98 Å². The summed E-state index contributed by atoms with van der Waals surface area (Å²) in [4.78, 5) is 4.29. The molecule has 2 heterocycles. The van der Waals surface area contributed by atoms with Gasteiger partial charge in [-0.2, -0.15) is 0 Å². The Morgan fingerprint density at radius 1 is 1.38 bits per heavy atom. The molecule has 1 fully saturated rings. The van der Waals surface area contributed by atoms with Crippen molar-refractivity contribution in [3.05, 3.63) is 30.2 Å². The maximum absolute atomic E-state index is 5.69. The predicted octanol–water partition coefficient (Wildman–Crippen LogP) is 3.21. The first-order chi connectivity index (χ1) is 7.83. The molecule has 0 saturated heterocycles. The quantitative estimate of drug-likeness (QED) is 0.773. The van der Waals surface area contributed by atoms with Gasteiger partial charge in [0.2, 0.25) is 0 Å². The first kappa shape index (κ1) is 11.0. The van der Waals surface area contributed by atoms with E-state index in [-0.39, 0.29) is 0 Å². The summed E-state index contributed by atoms with van der Waals surface area (Å²) in [6.07, 6.45) is 6.72. The van der Waals surface area contributed by atoms with Crippen LogP contribution < -0.4 is 4.74 Å². The van der Waals surface area contributed by atoms with Gasteiger partial charge in [0.05, 0.1) is 6.10 Å². The van der Waals surface area contributed by atoms with Crippen LogP contribution >= 0.6 is 0 Å². The Balaban J connectivity index is 0.000000457. The van der Waals surface area contributed by atoms with Crippen LogP contribution in [0.25, 0.3) is 5.65 Å². The van der Waals surface area contributed by atoms with Crippen molar-refractivity contribution < 1.29 is 4.74 Å². The second-order valence-corrected chi connectivity index (χ2v) is 3.81. The Bertz CT molecular complexity index is 472. The average molecular weight is 218 g/mol. The van der Waals surface area contributed by atoms with Crippen molar-refractivity contribution in [3.8, 4) is 5.75 Å². The van der Waals surface area contributed by atoms with Crippen LogP contribution in [0.3, 0.4) is 0 Å². The molecule has 0 bridgehead atoms. The summed E-state index contributed by atoms with van der Waals surface area (Å²) in [7, 11) is 0. The van der Waals surface area contributed by atoms with Crippen LogP contribution in [0, 0.1) is 6.92 Å². The number of nitrogens with zero attached hydrogens (tertiary/aromatic N) is 2. The topological polar surface area (TPSA) is 26.5 Å². The molecule has 0 unspecified atom stereocenters. The third-order valence-electron chi connectivity index (χ3n) is 2.50. The number of pyridine rings is 1. The number of ether oxygens (including phenoxy) is 1. The summed E-state index contributed by atoms with van der Waals surface area (Å²) < 4.78 is 7.74. The highest BCUT2D eigenvalue weighted by molar-refractivity contribution is 5.45. The standard InChI is InChI=1S/C11H12N2O.C2H6/c1-8-7-12-11-6-10(4-5-13(8)11)14-9-2-3-9;1-2/h4-7,9H,2-3H2,1H3;1-2H3. The molecule has 2 aromatic heterocycles. The van der Waals surface area contributed by atoms with Gasteiger partial charge >= 0.3 is 0 Å². The van der Waals surface area contributed by atoms with Crippen LogP contribution in [0.2, 0.25) is 0 Å². The van der Waals surface area contributed by atoms with Gasteiger partial charge in [0.25, 0.3) is 0 Å². The fraction of sp³-hybridized carbons (Fsp3) is 0.462. The molecule has 1 saturated carbocycles. The minimum absolute atomic E-state index is 0.452. The van der Waals surface area contributed by atoms with Crippen molar-refractivity contribution in [2.75, 3.05) is 0 Å². The Kier molecular flexibility index (Phi) is 3.13. The molecule has 1 aliphatic carbocycles. The van der Waals surface area contributed by atoms with Crippen molar-refractivity contribution in [1.29, 1.82) is 0 Å². The smallest absolute Gasteiger partial charge is 0.140 e. The Labute approximate surface area is 96.1 Å². The van der Waals surface area contributed by atoms with Gasteiger partial charge in [0.15, 0.2) is 0 Å². The Morgan fingerprint density at radius 3 is 2.81 bits per heavy atom. The molecule has 0 aromatic carbocycles. The third-order valence-corrected chi connectivity index (χ3v) is 2.50. The van der Waals surface area contributed by atoms with E-state index in [4.69, 9.17) is 4.74 Å². The number of aryl methyl sites for hydroxylation is 1. The molecule has 0 spiro atoms. The number of hydrogen-bond acceptors (Lipinski definition) is 2. The summed E-state index contributed by atoms with van der Waals surface area (Å²) >= 11 is 0. The summed E-state index contributed by atoms with van der Waals surface area (Å²) in [5.74, 6) is 0.936. The van der Waals surface area contributed by atoms with Crippen molar-refractivity contribution in [2.45, 2.75) is 39.7 Å². The number of aromatic nitrogens is 2. The molecule has 86 valence electrons. The predicted molar refractivity (Wildman–Crippen MR) is 64.9 cm³/mol. The molecule has 2 aromatic rings. The van der Waals surface area contributed by atoms with Crippen LogP contribution in [0.1, 0.15) is 32.4 Å². The molecule has 0 aliphatic heterocycles. The fourth-order valence-corrected chi connectivity index (χ4v) is 1.54. The number of rotatable bonds is 2. The molecular formula is C13H18N2O. The molecule has 0 atom stereocenters. The van der Waals surface area contributed by atoms with E-state index in [2.05, 4.69) is 9.38 Å². The zero-order valence-corrected chi connectivity index (χ0v) is 10.1. The monoisotopic (exact) mass is 218 g/mol. The summed E-state index contributed by atoms with van der Waals surface area (Å²) in [6, 6.07) is 3.99. The number of hydrogen-bond donors (Lipinski definition) is 0. The van der Waals surface area contributed by atoms with Gasteiger partial charge in [0, 0.05) is 24.2 Å². The molecule has 0 radical (unpaired) electrons. The lowest BCUT2D eigenvalue weighted by Gasteiger charge is -2.04. The molecule has 1 aliphatic rings. The molecule has 3 nitrogen and oxygen atoms in total. The highest BCUT2D eigenvalue weighted by atomic mass is 16.5. The van der Waals surface area contributed by atoms with Gasteiger partial charge in [0.1, 0.15) is 11.4 Å². The second-order valence-electron chi connectivity index (χ2n) is 3.81. The third kappa shape index (κ3) is 2.18. The highest BCUT2D eigenvalue weighted by Gasteiger charge is 2.23. The lowest BCUT2D eigenvalue weighted by atomic mass is 10.4. The van der Waals surface area contributed by atoms with Gasteiger partial charge in [-0.05, 0) is 25.8 Å². The molecule has 0 N–H and O–H groups in total. The minimum Gasteiger partial charge on any atom is -0.490 e. The first-order valence-corrected chi connectivity index (χ1v) is 5.93. The van der Waals surface area contributed by atoms with E-state index in [1.807, 2.05) is 45.3 Å². The molecular weight excluding hydrogens is 200 g/mol. The van der Waals surface area contributed by atoms with Crippen molar-refractivity contribution in [3.63, 3.8) is 0 Å². The maximum atomic E-state index is 5.69. The lowest BCUT2D eigenvalue weighted by Crippen LogP contribution is -1.96. The zero-order valence-electron chi connectivity index (χ0n) is 10.1. The molecule has 0 amide bonds. The second kappa shape index (κ2) is 4.56. The van der Waals surface area contributed by atoms with Crippen molar-refractivity contribution in [1.82, 2.24) is 9.38 Å². The van der Waals surface area contributed by atoms with E-state index in [1.165, 1.54) is 12.8 Å². The largest absolute Gasteiger partial charge is 0.490 e. The Morgan fingerprint density at radius 2 is 2.12 bits per heavy atom. The van der Waals surface area contributed by atoms with Gasteiger partial charge in [-0.1, -0.05) is 13.8 Å². The normalized spacial score (nSPS) is 14.4. The van der Waals surface area contributed by atoms with E-state index >= 15 is 0 Å². The van der Waals surface area contributed by atoms with Crippen LogP contribution in [0.4, 0.5) is 0 Å². The van der Waals surface area contributed by atoms with Gasteiger partial charge in [-0.15, -0.1) is 0 Å². The van der Waals surface area contributed by atoms with E-state index in [1.54, 1.807) is 0 Å². The molecule has 3 heteroatoms. The SMILES string of the molecule is CC.Cc1cnc2cc(OC3CC3)ccn12. The fourth-order valence-electron chi connectivity index (χ4n) is 1.54. The van der Waals surface area contributed by atoms with E-state index < -0.39 is 0 Å².